The van der Waals surface area contributed by atoms with Crippen LogP contribution in [-0.2, 0) is 16.8 Å². The number of anilines is 3. The van der Waals surface area contributed by atoms with Gasteiger partial charge in [-0.2, -0.15) is 32.1 Å². The van der Waals surface area contributed by atoms with Gasteiger partial charge >= 0.3 is 0 Å². The van der Waals surface area contributed by atoms with Gasteiger partial charge in [0.25, 0.3) is 10.2 Å². The maximum atomic E-state index is 13.4. The fourth-order valence-electron chi connectivity index (χ4n) is 5.60. The summed E-state index contributed by atoms with van der Waals surface area (Å²) >= 11 is 0. The molecule has 12 nitrogen and oxygen atoms in total. The molecular formula is C22H34N8O4S. The highest BCUT2D eigenvalue weighted by Crippen LogP contribution is 2.40. The van der Waals surface area contributed by atoms with Crippen LogP contribution in [0, 0.1) is 0 Å². The van der Waals surface area contributed by atoms with E-state index in [1.165, 1.54) is 0 Å². The minimum atomic E-state index is -3.43. The van der Waals surface area contributed by atoms with Gasteiger partial charge in [-0.25, -0.2) is 0 Å². The van der Waals surface area contributed by atoms with Crippen molar-refractivity contribution in [1.29, 1.82) is 0 Å². The SMILES string of the molecule is COc1cc(Nc2cc(CO)[nH]n2)nc(N(C)[C@H]2C[C@H]3CCC[C@@H](C2)N3S(=O)(=O)N2CCCC2)n1. The Hall–Kier alpha value is -2.48. The fraction of sp³-hybridized carbons (Fsp3) is 0.682. The van der Waals surface area contributed by atoms with Gasteiger partial charge in [0.05, 0.1) is 19.4 Å². The first-order chi connectivity index (χ1) is 16.9. The zero-order valence-electron chi connectivity index (χ0n) is 20.2. The van der Waals surface area contributed by atoms with Gasteiger partial charge in [0.1, 0.15) is 5.82 Å². The average Bonchev–Trinajstić information content (AvgIpc) is 3.55. The lowest BCUT2D eigenvalue weighted by molar-refractivity contribution is 0.102. The quantitative estimate of drug-likeness (QED) is 0.487. The highest BCUT2D eigenvalue weighted by molar-refractivity contribution is 7.86. The predicted octanol–water partition coefficient (Wildman–Crippen LogP) is 1.61. The van der Waals surface area contributed by atoms with Crippen molar-refractivity contribution in [2.24, 2.45) is 0 Å². The van der Waals surface area contributed by atoms with E-state index in [0.29, 0.717) is 42.2 Å². The summed E-state index contributed by atoms with van der Waals surface area (Å²) in [5.41, 5.74) is 0.591. The number of H-pyrrole nitrogens is 1. The van der Waals surface area contributed by atoms with Crippen LogP contribution in [0.15, 0.2) is 12.1 Å². The van der Waals surface area contributed by atoms with Crippen molar-refractivity contribution in [1.82, 2.24) is 28.8 Å². The molecule has 13 heteroatoms. The van der Waals surface area contributed by atoms with Crippen molar-refractivity contribution < 1.29 is 18.3 Å². The molecule has 192 valence electrons. The summed E-state index contributed by atoms with van der Waals surface area (Å²) in [7, 11) is 0.0885. The average molecular weight is 507 g/mol. The van der Waals surface area contributed by atoms with Crippen molar-refractivity contribution in [3.63, 3.8) is 0 Å². The lowest BCUT2D eigenvalue weighted by Gasteiger charge is -2.50. The maximum Gasteiger partial charge on any atom is 0.282 e. The van der Waals surface area contributed by atoms with Gasteiger partial charge in [0, 0.05) is 50.4 Å². The number of hydrogen-bond acceptors (Lipinski definition) is 9. The predicted molar refractivity (Wildman–Crippen MR) is 131 cm³/mol. The summed E-state index contributed by atoms with van der Waals surface area (Å²) in [5.74, 6) is 1.96. The zero-order valence-corrected chi connectivity index (χ0v) is 21.0. The molecule has 0 radical (unpaired) electrons. The molecule has 0 unspecified atom stereocenters. The lowest BCUT2D eigenvalue weighted by atomic mass is 9.83. The molecule has 2 bridgehead atoms. The Bertz CT molecular complexity index is 1120. The van der Waals surface area contributed by atoms with Gasteiger partial charge in [-0.3, -0.25) is 5.10 Å². The summed E-state index contributed by atoms with van der Waals surface area (Å²) in [4.78, 5) is 11.3. The van der Waals surface area contributed by atoms with Crippen LogP contribution in [0.5, 0.6) is 5.88 Å². The Balaban J connectivity index is 1.35. The molecule has 3 saturated heterocycles. The topological polar surface area (TPSA) is 140 Å². The number of nitrogens with one attached hydrogen (secondary N) is 2. The third kappa shape index (κ3) is 4.82. The highest BCUT2D eigenvalue weighted by Gasteiger charge is 2.47. The summed E-state index contributed by atoms with van der Waals surface area (Å²) in [6.07, 6.45) is 6.18. The number of fused-ring (bicyclic) bond motifs is 2. The van der Waals surface area contributed by atoms with E-state index in [1.807, 2.05) is 16.3 Å². The Kier molecular flexibility index (Phi) is 6.84. The van der Waals surface area contributed by atoms with E-state index in [0.717, 1.165) is 44.9 Å². The number of piperidine rings is 2. The Labute approximate surface area is 205 Å². The standard InChI is InChI=1S/C22H34N8O4S/c1-28(22-24-19(13-21(25-22)34-2)23-20-10-15(14-31)26-27-20)18-11-16-6-5-7-17(12-18)30(16)35(32,33)29-8-3-4-9-29/h10,13,16-18,31H,3-9,11-12,14H2,1-2H3,(H2,23,24,25,26,27)/t16-,17+,18+. The van der Waals surface area contributed by atoms with Crippen LogP contribution < -0.4 is 15.0 Å². The number of ether oxygens (including phenoxy) is 1. The van der Waals surface area contributed by atoms with E-state index in [9.17, 15) is 13.5 Å². The van der Waals surface area contributed by atoms with Crippen molar-refractivity contribution in [3.05, 3.63) is 17.8 Å². The molecule has 3 aliphatic heterocycles. The number of hydrogen-bond donors (Lipinski definition) is 3. The highest BCUT2D eigenvalue weighted by atomic mass is 32.2. The normalized spacial score (nSPS) is 25.5. The first kappa shape index (κ1) is 24.2. The number of aliphatic hydroxyl groups excluding tert-OH is 1. The largest absolute Gasteiger partial charge is 0.481 e. The third-order valence-corrected chi connectivity index (χ3v) is 9.51. The van der Waals surface area contributed by atoms with Crippen LogP contribution >= 0.6 is 0 Å². The molecule has 3 atom stereocenters. The van der Waals surface area contributed by atoms with E-state index in [4.69, 9.17) is 4.74 Å². The first-order valence-electron chi connectivity index (χ1n) is 12.3. The third-order valence-electron chi connectivity index (χ3n) is 7.36. The number of methoxy groups -OCH3 is 1. The number of aliphatic hydroxyl groups is 1. The molecule has 3 fully saturated rings. The number of rotatable bonds is 8. The Morgan fingerprint density at radius 3 is 2.49 bits per heavy atom. The van der Waals surface area contributed by atoms with Crippen LogP contribution in [-0.4, -0.2) is 87.7 Å². The molecular weight excluding hydrogens is 472 g/mol. The number of aromatic amines is 1. The van der Waals surface area contributed by atoms with Gasteiger partial charge in [-0.1, -0.05) is 6.42 Å². The second-order valence-electron chi connectivity index (χ2n) is 9.58. The van der Waals surface area contributed by atoms with Crippen molar-refractivity contribution in [2.75, 3.05) is 37.5 Å². The molecule has 35 heavy (non-hydrogen) atoms. The smallest absolute Gasteiger partial charge is 0.282 e. The van der Waals surface area contributed by atoms with Crippen LogP contribution in [0.3, 0.4) is 0 Å². The van der Waals surface area contributed by atoms with E-state index < -0.39 is 10.2 Å². The van der Waals surface area contributed by atoms with Gasteiger partial charge in [-0.05, 0) is 38.5 Å². The number of nitrogens with zero attached hydrogens (tertiary/aromatic N) is 6. The van der Waals surface area contributed by atoms with Crippen LogP contribution in [0.25, 0.3) is 0 Å². The molecule has 5 rings (SSSR count). The van der Waals surface area contributed by atoms with Gasteiger partial charge < -0.3 is 20.1 Å². The molecule has 0 spiro atoms. The van der Waals surface area contributed by atoms with Crippen LogP contribution in [0.4, 0.5) is 17.6 Å². The van der Waals surface area contributed by atoms with Crippen molar-refractivity contribution >= 4 is 27.8 Å². The van der Waals surface area contributed by atoms with Gasteiger partial charge in [0.2, 0.25) is 11.8 Å². The summed E-state index contributed by atoms with van der Waals surface area (Å²) < 4.78 is 35.8. The summed E-state index contributed by atoms with van der Waals surface area (Å²) in [6, 6.07) is 3.48. The fourth-order valence-corrected chi connectivity index (χ4v) is 7.72. The van der Waals surface area contributed by atoms with Crippen LogP contribution in [0.1, 0.15) is 50.6 Å². The molecule has 0 aromatic carbocycles. The molecule has 0 amide bonds. The Morgan fingerprint density at radius 2 is 1.86 bits per heavy atom. The molecule has 0 aliphatic carbocycles. The molecule has 2 aromatic rings. The molecule has 5 heterocycles. The Morgan fingerprint density at radius 1 is 1.14 bits per heavy atom. The second-order valence-corrected chi connectivity index (χ2v) is 11.4. The molecule has 2 aromatic heterocycles. The first-order valence-corrected chi connectivity index (χ1v) is 13.7. The minimum absolute atomic E-state index is 0.00953. The minimum Gasteiger partial charge on any atom is -0.481 e. The van der Waals surface area contributed by atoms with E-state index in [2.05, 4.69) is 25.5 Å². The van der Waals surface area contributed by atoms with Crippen molar-refractivity contribution in [3.8, 4) is 5.88 Å². The van der Waals surface area contributed by atoms with Gasteiger partial charge in [0.15, 0.2) is 5.82 Å². The van der Waals surface area contributed by atoms with Gasteiger partial charge in [-0.15, -0.1) is 0 Å². The van der Waals surface area contributed by atoms with Crippen LogP contribution in [0.2, 0.25) is 0 Å². The summed E-state index contributed by atoms with van der Waals surface area (Å²) in [6.45, 7) is 1.12. The molecule has 3 aliphatic rings. The molecule has 0 saturated carbocycles. The zero-order chi connectivity index (χ0) is 24.6. The monoisotopic (exact) mass is 506 g/mol. The molecule has 3 N–H and O–H groups in total. The van der Waals surface area contributed by atoms with E-state index >= 15 is 0 Å². The van der Waals surface area contributed by atoms with Crippen molar-refractivity contribution in [2.45, 2.75) is 69.7 Å². The summed E-state index contributed by atoms with van der Waals surface area (Å²) in [5, 5.41) is 19.3. The van der Waals surface area contributed by atoms with E-state index in [1.54, 1.807) is 23.5 Å². The lowest BCUT2D eigenvalue weighted by Crippen LogP contribution is -2.61. The van der Waals surface area contributed by atoms with E-state index in [-0.39, 0.29) is 24.7 Å². The maximum absolute atomic E-state index is 13.4. The second kappa shape index (κ2) is 9.88. The number of aromatic nitrogens is 4.